The number of esters is 2. The predicted octanol–water partition coefficient (Wildman–Crippen LogP) is 18.7. The number of benzene rings is 8. The first kappa shape index (κ1) is 104. The van der Waals surface area contributed by atoms with Crippen LogP contribution in [0.15, 0.2) is 210 Å². The van der Waals surface area contributed by atoms with Gasteiger partial charge < -0.3 is 57.6 Å². The second-order valence-corrected chi connectivity index (χ2v) is 36.7. The van der Waals surface area contributed by atoms with Crippen LogP contribution in [0.2, 0.25) is 0 Å². The molecule has 1 aliphatic carbocycles. The van der Waals surface area contributed by atoms with E-state index in [0.29, 0.717) is 115 Å². The van der Waals surface area contributed by atoms with Crippen LogP contribution in [-0.2, 0) is 103 Å². The summed E-state index contributed by atoms with van der Waals surface area (Å²) in [5.41, 5.74) is 42.1. The van der Waals surface area contributed by atoms with Crippen LogP contribution in [0.3, 0.4) is 0 Å². The van der Waals surface area contributed by atoms with Crippen molar-refractivity contribution in [3.63, 3.8) is 0 Å². The fourth-order valence-electron chi connectivity index (χ4n) is 16.9. The van der Waals surface area contributed by atoms with Crippen molar-refractivity contribution in [1.82, 2.24) is 29.7 Å². The Bertz CT molecular complexity index is 5180. The first-order chi connectivity index (χ1) is 63.8. The number of hydrogen-bond acceptors (Lipinski definition) is 22. The van der Waals surface area contributed by atoms with Crippen molar-refractivity contribution in [3.05, 3.63) is 255 Å². The number of aryl methyl sites for hydroxylation is 5. The Labute approximate surface area is 795 Å². The number of fused-ring (bicyclic) bond motifs is 1. The molecule has 0 bridgehead atoms. The number of nitrogen functional groups attached to an aromatic ring is 5. The zero-order valence-electron chi connectivity index (χ0n) is 77.1. The molecule has 9 aromatic rings. The zero-order valence-corrected chi connectivity index (χ0v) is 80.3. The number of amides is 3. The monoisotopic (exact) mass is 1900 g/mol. The van der Waals surface area contributed by atoms with Crippen molar-refractivity contribution < 1.29 is 62.2 Å². The minimum absolute atomic E-state index is 0.0380. The average Bonchev–Trinajstić information content (AvgIpc) is 1.60. The maximum absolute atomic E-state index is 13.6. The number of carbonyl (C=O) groups is 10. The van der Waals surface area contributed by atoms with Crippen LogP contribution in [0.5, 0.6) is 5.75 Å². The molecule has 704 valence electrons. The molecular weight excluding hydrogens is 1770 g/mol. The van der Waals surface area contributed by atoms with Gasteiger partial charge in [0.15, 0.2) is 0 Å². The number of thioether (sulfide) groups is 2. The smallest absolute Gasteiger partial charge is 0.309 e. The van der Waals surface area contributed by atoms with Crippen LogP contribution < -0.4 is 33.4 Å². The molecule has 3 amide bonds. The van der Waals surface area contributed by atoms with Crippen molar-refractivity contribution >= 4 is 126 Å². The van der Waals surface area contributed by atoms with E-state index < -0.39 is 0 Å². The van der Waals surface area contributed by atoms with Crippen LogP contribution in [-0.4, -0.2) is 145 Å². The molecule has 10 N–H and O–H groups in total. The van der Waals surface area contributed by atoms with Crippen LogP contribution in [0, 0.1) is 11.8 Å². The Kier molecular flexibility index (Phi) is 44.1. The van der Waals surface area contributed by atoms with E-state index in [4.69, 9.17) is 42.9 Å². The van der Waals surface area contributed by atoms with Crippen LogP contribution >= 0.6 is 39.5 Å². The van der Waals surface area contributed by atoms with Crippen molar-refractivity contribution in [2.75, 3.05) is 79.8 Å². The summed E-state index contributed by atoms with van der Waals surface area (Å²) in [7, 11) is 0. The molecule has 132 heavy (non-hydrogen) atoms. The van der Waals surface area contributed by atoms with Gasteiger partial charge in [-0.2, -0.15) is 11.8 Å². The summed E-state index contributed by atoms with van der Waals surface area (Å²) in [6, 6.07) is 62.5. The summed E-state index contributed by atoms with van der Waals surface area (Å²) in [4.78, 5) is 130. The second kappa shape index (κ2) is 55.8. The summed E-state index contributed by atoms with van der Waals surface area (Å²) >= 11 is 7.06. The standard InChI is InChI=1S/C26H31N5O3.C26H34N2O2S2.C22H25BrN2O2.C16H21NO3.C15H21NO3/c27-21-11-8-20(9-12-21)10-13-24(32)14-15-26(33)31-16-4-5-23(31)18-30-17-22(28-29-30)19-34-25-6-2-1-3-7-25;1-31-17-15-20(18-22(29)14-11-19-9-12-21(27)13-10-19)26(30)28-16-5-7-24(28)23-6-3-4-8-25(23)32-2;23-20-5-2-1-4-19(20)21-6-3-15-25(21)22(27)14-13-18(26)12-9-16-7-10-17(24)11-8-16;1-2-20-16(19)8-6-14(18)10-12-4-3-11-9-13(17)5-7-15(11)12;1-3-19-15(18)11(2)10-14(17)9-6-12-4-7-13(16)8-5-12/h1-3,6-9,11-12,17,23H,4-5,10,13-16,18-19,27H2;3-4,6,8-10,12-13,20,24H,5,7,11,14-18,27H2,1-2H3;1-2,4-5,7-8,10-11,21H,3,6,9,12-15,24H2;5,7,9,12H,2-4,6,8,10,17H2,1H3;4-5,7-8,11H,3,6,9-10,16H2,1-2H3/t23-;;21-;12-;/m1.10./s1. The molecule has 1 aromatic heterocycles. The lowest BCUT2D eigenvalue weighted by atomic mass is 9.94. The van der Waals surface area contributed by atoms with Gasteiger partial charge >= 0.3 is 11.9 Å². The average molecular weight is 1900 g/mol. The van der Waals surface area contributed by atoms with E-state index in [-0.39, 0.29) is 127 Å². The van der Waals surface area contributed by atoms with E-state index in [0.717, 1.165) is 144 Å². The third-order valence-corrected chi connectivity index (χ3v) is 26.3. The third kappa shape index (κ3) is 35.3. The fraction of sp³-hybridized carbons (Fsp3) is 0.429. The van der Waals surface area contributed by atoms with Gasteiger partial charge in [0, 0.05) is 140 Å². The van der Waals surface area contributed by atoms with E-state index >= 15 is 0 Å². The predicted molar refractivity (Wildman–Crippen MR) is 529 cm³/mol. The number of carbonyl (C=O) groups excluding carboxylic acids is 10. The van der Waals surface area contributed by atoms with Gasteiger partial charge in [0.25, 0.3) is 0 Å². The molecule has 0 spiro atoms. The fourth-order valence-corrected chi connectivity index (χ4v) is 18.6. The second-order valence-electron chi connectivity index (χ2n) is 34.0. The molecule has 3 fully saturated rings. The summed E-state index contributed by atoms with van der Waals surface area (Å²) in [5, 5.41) is 8.39. The molecular formula is C105H132BrN11O13S2. The van der Waals surface area contributed by atoms with Crippen molar-refractivity contribution in [2.24, 2.45) is 11.8 Å². The lowest BCUT2D eigenvalue weighted by molar-refractivity contribution is -0.149. The summed E-state index contributed by atoms with van der Waals surface area (Å²) in [6.45, 7) is 9.17. The largest absolute Gasteiger partial charge is 0.487 e. The number of halogens is 1. The molecule has 0 radical (unpaired) electrons. The minimum atomic E-state index is -0.362. The maximum Gasteiger partial charge on any atom is 0.309 e. The third-order valence-electron chi connectivity index (χ3n) is 24.1. The number of Topliss-reactive ketones (excluding diaryl/α,β-unsaturated/α-hetero) is 5. The molecule has 24 nitrogen and oxygen atoms in total. The summed E-state index contributed by atoms with van der Waals surface area (Å²) in [5.74, 6) is 1.66. The van der Waals surface area contributed by atoms with Crippen LogP contribution in [0.4, 0.5) is 28.4 Å². The Balaban J connectivity index is 0.000000189. The van der Waals surface area contributed by atoms with Gasteiger partial charge in [0.2, 0.25) is 17.7 Å². The lowest BCUT2D eigenvalue weighted by Crippen LogP contribution is -2.38. The highest BCUT2D eigenvalue weighted by atomic mass is 79.9. The summed E-state index contributed by atoms with van der Waals surface area (Å²) < 4.78 is 18.2. The van der Waals surface area contributed by atoms with Gasteiger partial charge in [-0.3, -0.25) is 52.6 Å². The Morgan fingerprint density at radius 3 is 1.52 bits per heavy atom. The number of hydrogen-bond donors (Lipinski definition) is 5. The topological polar surface area (TPSA) is 369 Å². The number of nitrogens with zero attached hydrogens (tertiary/aromatic N) is 6. The quantitative estimate of drug-likeness (QED) is 0.0135. The van der Waals surface area contributed by atoms with Gasteiger partial charge in [-0.25, -0.2) is 0 Å². The van der Waals surface area contributed by atoms with E-state index in [1.54, 1.807) is 49.0 Å². The van der Waals surface area contributed by atoms with Crippen molar-refractivity contribution in [2.45, 2.75) is 230 Å². The van der Waals surface area contributed by atoms with E-state index in [2.05, 4.69) is 69.1 Å². The molecule has 0 saturated carbocycles. The van der Waals surface area contributed by atoms with Crippen LogP contribution in [0.1, 0.15) is 224 Å². The normalized spacial score (nSPS) is 15.7. The molecule has 27 heteroatoms. The van der Waals surface area contributed by atoms with Gasteiger partial charge in [0.05, 0.1) is 56.4 Å². The highest BCUT2D eigenvalue weighted by Gasteiger charge is 2.37. The first-order valence-electron chi connectivity index (χ1n) is 46.3. The van der Waals surface area contributed by atoms with E-state index in [1.165, 1.54) is 21.6 Å². The van der Waals surface area contributed by atoms with E-state index in [1.807, 2.05) is 185 Å². The van der Waals surface area contributed by atoms with E-state index in [9.17, 15) is 47.9 Å². The highest BCUT2D eigenvalue weighted by Crippen LogP contribution is 2.41. The molecule has 4 aliphatic rings. The molecule has 4 heterocycles. The SMILES string of the molecule is CCOC(=O)C(C)CC(=O)CCc1ccc(N)cc1.CCOC(=O)CCC(=O)C[C@@H]1CCc2cc(N)ccc21.CSCCC(CC(=O)CCc1ccc(N)cc1)C(=O)N1CCCC1c1ccccc1SC.Nc1ccc(CCC(=O)CCC(=O)N2CCC[C@@H]2Cn2cc(COc3ccccc3)nn2)cc1.Nc1ccc(CCC(=O)CCC(=O)N2CCC[C@@H]2c2ccccc2Br)cc1. The van der Waals surface area contributed by atoms with Gasteiger partial charge in [-0.05, 0) is 251 Å². The molecule has 13 rings (SSSR count). The minimum Gasteiger partial charge on any atom is -0.487 e. The van der Waals surface area contributed by atoms with Crippen LogP contribution in [0.25, 0.3) is 0 Å². The number of nitrogens with two attached hydrogens (primary N) is 5. The summed E-state index contributed by atoms with van der Waals surface area (Å²) in [6.07, 6.45) is 21.8. The Hall–Kier alpha value is -11.4. The molecule has 3 saturated heterocycles. The Morgan fingerprint density at radius 2 is 0.970 bits per heavy atom. The molecule has 3 unspecified atom stereocenters. The first-order valence-corrected chi connectivity index (χ1v) is 49.7. The lowest BCUT2D eigenvalue weighted by Gasteiger charge is -2.30. The molecule has 3 aliphatic heterocycles. The van der Waals surface area contributed by atoms with Gasteiger partial charge in [-0.15, -0.1) is 16.9 Å². The van der Waals surface area contributed by atoms with Crippen molar-refractivity contribution in [1.29, 1.82) is 0 Å². The molecule has 8 aromatic carbocycles. The van der Waals surface area contributed by atoms with Gasteiger partial charge in [0.1, 0.15) is 47.0 Å². The number of anilines is 5. The number of likely N-dealkylation sites (tertiary alicyclic amines) is 3. The number of ketones is 5. The maximum atomic E-state index is 13.6. The number of para-hydroxylation sites is 1. The van der Waals surface area contributed by atoms with Gasteiger partial charge in [-0.1, -0.05) is 137 Å². The highest BCUT2D eigenvalue weighted by molar-refractivity contribution is 9.10. The number of aromatic nitrogens is 3. The zero-order chi connectivity index (χ0) is 94.7. The molecule has 6 atom stereocenters. The number of rotatable bonds is 42. The Morgan fingerprint density at radius 1 is 0.485 bits per heavy atom. The number of ether oxygens (including phenoxy) is 3. The van der Waals surface area contributed by atoms with Crippen molar-refractivity contribution in [3.8, 4) is 5.75 Å².